The Bertz CT molecular complexity index is 833. The summed E-state index contributed by atoms with van der Waals surface area (Å²) in [4.78, 5) is 22.4. The first-order chi connectivity index (χ1) is 16.1. The third-order valence-corrected chi connectivity index (χ3v) is 5.35. The Labute approximate surface area is 194 Å². The molecule has 0 aliphatic heterocycles. The van der Waals surface area contributed by atoms with Gasteiger partial charge in [0.2, 0.25) is 0 Å². The number of anilines is 2. The number of hydrazine groups is 2. The number of amides is 1. The van der Waals surface area contributed by atoms with Crippen molar-refractivity contribution in [3.8, 4) is 0 Å². The number of hydrogen-bond acceptors (Lipinski definition) is 14. The summed E-state index contributed by atoms with van der Waals surface area (Å²) in [7, 11) is 0. The number of aliphatic hydroxyl groups excluding tert-OH is 4. The van der Waals surface area contributed by atoms with Crippen LogP contribution in [0.2, 0.25) is 0 Å². The molecule has 1 saturated carbocycles. The van der Waals surface area contributed by atoms with Crippen molar-refractivity contribution in [2.45, 2.75) is 36.4 Å². The molecule has 12 N–H and O–H groups in total. The van der Waals surface area contributed by atoms with Crippen LogP contribution in [0.3, 0.4) is 0 Å². The topological polar surface area (TPSA) is 257 Å². The molecule has 192 valence electrons. The number of ether oxygens (including phenoxy) is 1. The van der Waals surface area contributed by atoms with E-state index in [9.17, 15) is 40.4 Å². The standard InChI is InChI=1S/C18H31N7O9/c19-24-23-10-1-2-11(13(7-10)25(32)33)21-5-6-34-17(30)22-4-3-20-12-8-18(31,9-26)16(29)15(28)14(12)27/h1-2,7,12,14-16,20-21,23-24,26-29,31H,3-6,8-9,19H2,(H,22,30)/t12-,14-,15+,16-,18-/m0/s1. The molecule has 0 aromatic heterocycles. The van der Waals surface area contributed by atoms with Crippen molar-refractivity contribution in [2.24, 2.45) is 5.84 Å². The van der Waals surface area contributed by atoms with Gasteiger partial charge in [-0.25, -0.2) is 4.79 Å². The largest absolute Gasteiger partial charge is 0.448 e. The summed E-state index contributed by atoms with van der Waals surface area (Å²) >= 11 is 0. The molecule has 1 aliphatic rings. The van der Waals surface area contributed by atoms with E-state index in [1.165, 1.54) is 12.1 Å². The van der Waals surface area contributed by atoms with Gasteiger partial charge in [0.1, 0.15) is 30.1 Å². The second-order valence-corrected chi connectivity index (χ2v) is 7.70. The molecule has 5 atom stereocenters. The highest BCUT2D eigenvalue weighted by Crippen LogP contribution is 2.29. The Morgan fingerprint density at radius 2 is 1.97 bits per heavy atom. The minimum Gasteiger partial charge on any atom is -0.448 e. The smallest absolute Gasteiger partial charge is 0.407 e. The molecular formula is C18H31N7O9. The van der Waals surface area contributed by atoms with Gasteiger partial charge in [0.25, 0.3) is 5.69 Å². The third kappa shape index (κ3) is 7.08. The highest BCUT2D eigenvalue weighted by molar-refractivity contribution is 5.68. The molecule has 16 nitrogen and oxygen atoms in total. The number of nitrogens with two attached hydrogens (primary N) is 1. The maximum atomic E-state index is 11.8. The van der Waals surface area contributed by atoms with Gasteiger partial charge in [0.15, 0.2) is 0 Å². The molecule has 16 heteroatoms. The number of carbonyl (C=O) groups excluding carboxylic acids is 1. The Hall–Kier alpha value is -2.83. The minimum atomic E-state index is -1.97. The van der Waals surface area contributed by atoms with E-state index in [0.717, 1.165) is 0 Å². The van der Waals surface area contributed by atoms with E-state index >= 15 is 0 Å². The molecule has 1 aliphatic carbocycles. The Balaban J connectivity index is 1.69. The number of aliphatic hydroxyl groups is 5. The highest BCUT2D eigenvalue weighted by Gasteiger charge is 2.50. The van der Waals surface area contributed by atoms with E-state index in [2.05, 4.69) is 26.9 Å². The van der Waals surface area contributed by atoms with Crippen LogP contribution in [0, 0.1) is 10.1 Å². The van der Waals surface area contributed by atoms with Gasteiger partial charge in [-0.05, 0) is 18.6 Å². The molecule has 34 heavy (non-hydrogen) atoms. The monoisotopic (exact) mass is 489 g/mol. The number of nitro groups is 1. The molecule has 0 radical (unpaired) electrons. The first-order valence-electron chi connectivity index (χ1n) is 10.4. The van der Waals surface area contributed by atoms with Crippen molar-refractivity contribution >= 4 is 23.2 Å². The zero-order valence-corrected chi connectivity index (χ0v) is 18.2. The van der Waals surface area contributed by atoms with Crippen LogP contribution in [0.1, 0.15) is 6.42 Å². The molecule has 1 aromatic carbocycles. The van der Waals surface area contributed by atoms with Gasteiger partial charge < -0.3 is 51.6 Å². The lowest BCUT2D eigenvalue weighted by Crippen LogP contribution is -2.67. The number of benzene rings is 1. The number of rotatable bonds is 12. The van der Waals surface area contributed by atoms with Crippen molar-refractivity contribution in [2.75, 3.05) is 43.6 Å². The predicted octanol–water partition coefficient (Wildman–Crippen LogP) is -3.31. The fraction of sp³-hybridized carbons (Fsp3) is 0.611. The zero-order chi connectivity index (χ0) is 25.3. The van der Waals surface area contributed by atoms with Gasteiger partial charge >= 0.3 is 6.09 Å². The molecule has 0 spiro atoms. The zero-order valence-electron chi connectivity index (χ0n) is 18.2. The summed E-state index contributed by atoms with van der Waals surface area (Å²) in [5.41, 5.74) is 3.13. The average Bonchev–Trinajstić information content (AvgIpc) is 2.82. The summed E-state index contributed by atoms with van der Waals surface area (Å²) < 4.78 is 4.98. The second-order valence-electron chi connectivity index (χ2n) is 7.70. The summed E-state index contributed by atoms with van der Waals surface area (Å²) in [5, 5.41) is 68.5. The van der Waals surface area contributed by atoms with E-state index in [4.69, 9.17) is 10.6 Å². The highest BCUT2D eigenvalue weighted by atomic mass is 16.6. The normalized spacial score (nSPS) is 26.5. The fourth-order valence-corrected chi connectivity index (χ4v) is 3.51. The van der Waals surface area contributed by atoms with E-state index < -0.39 is 47.6 Å². The van der Waals surface area contributed by atoms with Crippen LogP contribution in [-0.2, 0) is 4.74 Å². The molecule has 0 bridgehead atoms. The lowest BCUT2D eigenvalue weighted by atomic mass is 9.76. The van der Waals surface area contributed by atoms with Gasteiger partial charge in [-0.2, -0.15) is 5.53 Å². The Kier molecular flexibility index (Phi) is 10.1. The predicted molar refractivity (Wildman–Crippen MR) is 118 cm³/mol. The molecule has 1 amide bonds. The van der Waals surface area contributed by atoms with Crippen molar-refractivity contribution < 1.29 is 40.0 Å². The quantitative estimate of drug-likeness (QED) is 0.0595. The summed E-state index contributed by atoms with van der Waals surface area (Å²) in [6, 6.07) is 3.46. The fourth-order valence-electron chi connectivity index (χ4n) is 3.51. The maximum absolute atomic E-state index is 11.8. The number of carbonyl (C=O) groups is 1. The molecule has 1 fully saturated rings. The summed E-state index contributed by atoms with van der Waals surface area (Å²) in [6.07, 6.45) is -5.72. The maximum Gasteiger partial charge on any atom is 0.407 e. The number of alkyl carbamates (subject to hydrolysis) is 1. The van der Waals surface area contributed by atoms with Gasteiger partial charge in [-0.3, -0.25) is 16.0 Å². The summed E-state index contributed by atoms with van der Waals surface area (Å²) in [5.74, 6) is 5.11. The Morgan fingerprint density at radius 3 is 2.62 bits per heavy atom. The van der Waals surface area contributed by atoms with Crippen molar-refractivity contribution in [1.29, 1.82) is 0 Å². The number of nitrogens with one attached hydrogen (secondary N) is 5. The van der Waals surface area contributed by atoms with Crippen LogP contribution in [0.4, 0.5) is 21.9 Å². The number of nitrogens with zero attached hydrogens (tertiary/aromatic N) is 1. The van der Waals surface area contributed by atoms with Crippen LogP contribution in [0.5, 0.6) is 0 Å². The molecule has 1 aromatic rings. The van der Waals surface area contributed by atoms with Gasteiger partial charge in [-0.15, -0.1) is 0 Å². The van der Waals surface area contributed by atoms with E-state index in [1.54, 1.807) is 6.07 Å². The lowest BCUT2D eigenvalue weighted by Gasteiger charge is -2.45. The van der Waals surface area contributed by atoms with Gasteiger partial charge in [0, 0.05) is 31.7 Å². The van der Waals surface area contributed by atoms with Crippen molar-refractivity contribution in [1.82, 2.24) is 16.2 Å². The van der Waals surface area contributed by atoms with Crippen LogP contribution in [0.15, 0.2) is 18.2 Å². The van der Waals surface area contributed by atoms with Crippen LogP contribution >= 0.6 is 0 Å². The average molecular weight is 489 g/mol. The number of nitro benzene ring substituents is 1. The van der Waals surface area contributed by atoms with Gasteiger partial charge in [-0.1, -0.05) is 0 Å². The molecule has 0 saturated heterocycles. The first-order valence-corrected chi connectivity index (χ1v) is 10.4. The summed E-state index contributed by atoms with van der Waals surface area (Å²) in [6.45, 7) is -0.591. The van der Waals surface area contributed by atoms with E-state index in [0.29, 0.717) is 5.69 Å². The molecule has 2 rings (SSSR count). The van der Waals surface area contributed by atoms with Crippen molar-refractivity contribution in [3.05, 3.63) is 28.3 Å². The lowest BCUT2D eigenvalue weighted by molar-refractivity contribution is -0.383. The van der Waals surface area contributed by atoms with Gasteiger partial charge in [0.05, 0.1) is 23.3 Å². The van der Waals surface area contributed by atoms with Crippen LogP contribution < -0.4 is 32.8 Å². The van der Waals surface area contributed by atoms with E-state index in [1.807, 2.05) is 0 Å². The van der Waals surface area contributed by atoms with Crippen LogP contribution in [0.25, 0.3) is 0 Å². The minimum absolute atomic E-state index is 0.0702. The van der Waals surface area contributed by atoms with E-state index in [-0.39, 0.29) is 44.0 Å². The first kappa shape index (κ1) is 27.4. The van der Waals surface area contributed by atoms with Crippen molar-refractivity contribution in [3.63, 3.8) is 0 Å². The Morgan fingerprint density at radius 1 is 1.24 bits per heavy atom. The van der Waals surface area contributed by atoms with Crippen LogP contribution in [-0.4, -0.2) is 99.4 Å². The third-order valence-electron chi connectivity index (χ3n) is 5.35. The SMILES string of the molecule is NNNc1ccc(NCCOC(=O)NCCN[C@H]2C[C@](O)(CO)[C@@H](O)[C@H](O)[C@H]2O)c([N+](=O)[O-])c1. The molecule has 0 unspecified atom stereocenters. The second kappa shape index (κ2) is 12.6. The molecular weight excluding hydrogens is 458 g/mol. The molecule has 0 heterocycles. The number of hydrogen-bond donors (Lipinski definition) is 11.